The van der Waals surface area contributed by atoms with Crippen molar-refractivity contribution in [2.45, 2.75) is 0 Å². The van der Waals surface area contributed by atoms with Crippen LogP contribution in [-0.2, 0) is 4.74 Å². The van der Waals surface area contributed by atoms with Gasteiger partial charge in [0.2, 0.25) is 0 Å². The molecule has 1 fully saturated rings. The highest BCUT2D eigenvalue weighted by molar-refractivity contribution is 5.89. The molecule has 1 aromatic heterocycles. The number of para-hydroxylation sites is 1. The Kier molecular flexibility index (Phi) is 6.87. The molecule has 0 bridgehead atoms. The zero-order valence-electron chi connectivity index (χ0n) is 15.1. The summed E-state index contributed by atoms with van der Waals surface area (Å²) in [5.41, 5.74) is 3.13. The third-order valence-electron chi connectivity index (χ3n) is 4.59. The van der Waals surface area contributed by atoms with Crippen molar-refractivity contribution in [2.24, 2.45) is 0 Å². The number of benzene rings is 2. The van der Waals surface area contributed by atoms with Crippen LogP contribution >= 0.6 is 12.4 Å². The molecule has 142 valence electrons. The molecule has 1 aliphatic rings. The van der Waals surface area contributed by atoms with Crippen LogP contribution in [0.25, 0.3) is 23.1 Å². The van der Waals surface area contributed by atoms with Crippen molar-refractivity contribution in [1.82, 2.24) is 15.1 Å². The SMILES string of the molecule is C(=Cc1n[nH]c2ccccc12)c1ccc(OCCN2CCOCC2)cc1.Cl. The molecule has 2 heterocycles. The van der Waals surface area contributed by atoms with Crippen LogP contribution < -0.4 is 4.74 Å². The molecule has 0 spiro atoms. The van der Waals surface area contributed by atoms with Gasteiger partial charge in [-0.3, -0.25) is 10.00 Å². The highest BCUT2D eigenvalue weighted by Gasteiger charge is 2.09. The van der Waals surface area contributed by atoms with Gasteiger partial charge >= 0.3 is 0 Å². The van der Waals surface area contributed by atoms with E-state index in [0.717, 1.165) is 60.8 Å². The number of hydrogen-bond acceptors (Lipinski definition) is 4. The molecule has 1 saturated heterocycles. The van der Waals surface area contributed by atoms with Crippen molar-refractivity contribution in [3.05, 3.63) is 59.8 Å². The van der Waals surface area contributed by atoms with E-state index in [1.807, 2.05) is 36.4 Å². The summed E-state index contributed by atoms with van der Waals surface area (Å²) in [6.07, 6.45) is 4.10. The van der Waals surface area contributed by atoms with E-state index >= 15 is 0 Å². The Hall–Kier alpha value is -2.34. The Balaban J connectivity index is 0.00000210. The minimum absolute atomic E-state index is 0. The molecule has 1 aliphatic heterocycles. The van der Waals surface area contributed by atoms with Crippen LogP contribution in [0.1, 0.15) is 11.3 Å². The summed E-state index contributed by atoms with van der Waals surface area (Å²) in [6.45, 7) is 5.29. The second-order valence-corrected chi connectivity index (χ2v) is 6.36. The fourth-order valence-corrected chi connectivity index (χ4v) is 3.08. The molecule has 27 heavy (non-hydrogen) atoms. The highest BCUT2D eigenvalue weighted by atomic mass is 35.5. The molecule has 0 atom stereocenters. The average Bonchev–Trinajstić information content (AvgIpc) is 3.11. The monoisotopic (exact) mass is 385 g/mol. The van der Waals surface area contributed by atoms with Crippen LogP contribution in [0.3, 0.4) is 0 Å². The molecule has 0 amide bonds. The predicted molar refractivity (Wildman–Crippen MR) is 111 cm³/mol. The fraction of sp³-hybridized carbons (Fsp3) is 0.286. The first-order valence-corrected chi connectivity index (χ1v) is 9.03. The van der Waals surface area contributed by atoms with Crippen molar-refractivity contribution in [1.29, 1.82) is 0 Å². The number of aromatic amines is 1. The van der Waals surface area contributed by atoms with Gasteiger partial charge in [0.15, 0.2) is 0 Å². The predicted octanol–water partition coefficient (Wildman–Crippen LogP) is 3.87. The van der Waals surface area contributed by atoms with E-state index < -0.39 is 0 Å². The van der Waals surface area contributed by atoms with Crippen molar-refractivity contribution in [3.8, 4) is 5.75 Å². The summed E-state index contributed by atoms with van der Waals surface area (Å²) in [7, 11) is 0. The number of aromatic nitrogens is 2. The first-order valence-electron chi connectivity index (χ1n) is 9.03. The number of hydrogen-bond donors (Lipinski definition) is 1. The lowest BCUT2D eigenvalue weighted by Gasteiger charge is -2.26. The number of nitrogens with zero attached hydrogens (tertiary/aromatic N) is 2. The topological polar surface area (TPSA) is 50.4 Å². The second kappa shape index (κ2) is 9.55. The number of H-pyrrole nitrogens is 1. The Morgan fingerprint density at radius 3 is 2.63 bits per heavy atom. The van der Waals surface area contributed by atoms with Crippen LogP contribution in [0.5, 0.6) is 5.75 Å². The summed E-state index contributed by atoms with van der Waals surface area (Å²) in [5, 5.41) is 8.54. The molecule has 6 heteroatoms. The smallest absolute Gasteiger partial charge is 0.119 e. The van der Waals surface area contributed by atoms with Crippen molar-refractivity contribution < 1.29 is 9.47 Å². The summed E-state index contributed by atoms with van der Waals surface area (Å²) < 4.78 is 11.2. The Morgan fingerprint density at radius 1 is 1.04 bits per heavy atom. The zero-order valence-corrected chi connectivity index (χ0v) is 16.0. The number of halogens is 1. The number of ether oxygens (including phenoxy) is 2. The van der Waals surface area contributed by atoms with Crippen LogP contribution in [0.4, 0.5) is 0 Å². The highest BCUT2D eigenvalue weighted by Crippen LogP contribution is 2.19. The molecule has 3 aromatic rings. The molecule has 0 radical (unpaired) electrons. The normalized spacial score (nSPS) is 15.1. The lowest BCUT2D eigenvalue weighted by molar-refractivity contribution is 0.0322. The van der Waals surface area contributed by atoms with Crippen LogP contribution in [0.15, 0.2) is 48.5 Å². The Bertz CT molecular complexity index is 871. The standard InChI is InChI=1S/C21H23N3O2.ClH/c1-2-4-20-19(3-1)21(23-22-20)10-7-17-5-8-18(9-6-17)26-16-13-24-11-14-25-15-12-24;/h1-10H,11-16H2,(H,22,23);1H. The second-order valence-electron chi connectivity index (χ2n) is 6.36. The van der Waals surface area contributed by atoms with Crippen molar-refractivity contribution in [3.63, 3.8) is 0 Å². The van der Waals surface area contributed by atoms with E-state index in [4.69, 9.17) is 9.47 Å². The van der Waals surface area contributed by atoms with E-state index in [1.165, 1.54) is 0 Å². The maximum atomic E-state index is 5.85. The van der Waals surface area contributed by atoms with Crippen LogP contribution in [0, 0.1) is 0 Å². The van der Waals surface area contributed by atoms with Gasteiger partial charge in [0, 0.05) is 25.0 Å². The largest absolute Gasteiger partial charge is 0.492 e. The quantitative estimate of drug-likeness (QED) is 0.699. The van der Waals surface area contributed by atoms with Gasteiger partial charge in [-0.25, -0.2) is 0 Å². The minimum Gasteiger partial charge on any atom is -0.492 e. The van der Waals surface area contributed by atoms with Gasteiger partial charge < -0.3 is 9.47 Å². The Labute approximate surface area is 165 Å². The van der Waals surface area contributed by atoms with Gasteiger partial charge in [0.1, 0.15) is 12.4 Å². The molecule has 5 nitrogen and oxygen atoms in total. The summed E-state index contributed by atoms with van der Waals surface area (Å²) in [5.74, 6) is 0.903. The van der Waals surface area contributed by atoms with E-state index in [-0.39, 0.29) is 12.4 Å². The van der Waals surface area contributed by atoms with Gasteiger partial charge in [-0.1, -0.05) is 36.4 Å². The Morgan fingerprint density at radius 2 is 1.81 bits per heavy atom. The van der Waals surface area contributed by atoms with E-state index in [1.54, 1.807) is 0 Å². The van der Waals surface area contributed by atoms with Gasteiger partial charge in [-0.05, 0) is 29.8 Å². The third kappa shape index (κ3) is 5.10. The van der Waals surface area contributed by atoms with E-state index in [9.17, 15) is 0 Å². The fourth-order valence-electron chi connectivity index (χ4n) is 3.08. The van der Waals surface area contributed by atoms with Crippen LogP contribution in [0.2, 0.25) is 0 Å². The number of morpholine rings is 1. The van der Waals surface area contributed by atoms with E-state index in [2.05, 4.69) is 39.4 Å². The number of nitrogens with one attached hydrogen (secondary N) is 1. The molecule has 0 saturated carbocycles. The van der Waals surface area contributed by atoms with Gasteiger partial charge in [-0.15, -0.1) is 12.4 Å². The number of fused-ring (bicyclic) bond motifs is 1. The molecule has 0 unspecified atom stereocenters. The first-order chi connectivity index (χ1) is 12.9. The molecular formula is C21H24ClN3O2. The molecule has 0 aliphatic carbocycles. The maximum Gasteiger partial charge on any atom is 0.119 e. The lowest BCUT2D eigenvalue weighted by Crippen LogP contribution is -2.38. The van der Waals surface area contributed by atoms with Gasteiger partial charge in [0.25, 0.3) is 0 Å². The molecule has 4 rings (SSSR count). The first kappa shape index (κ1) is 19.4. The molecule has 2 aromatic carbocycles. The average molecular weight is 386 g/mol. The maximum absolute atomic E-state index is 5.85. The zero-order chi connectivity index (χ0) is 17.6. The number of rotatable bonds is 6. The minimum atomic E-state index is 0. The summed E-state index contributed by atoms with van der Waals surface area (Å²) >= 11 is 0. The van der Waals surface area contributed by atoms with E-state index in [0.29, 0.717) is 6.61 Å². The van der Waals surface area contributed by atoms with Gasteiger partial charge in [-0.2, -0.15) is 5.10 Å². The van der Waals surface area contributed by atoms with Crippen molar-refractivity contribution in [2.75, 3.05) is 39.5 Å². The van der Waals surface area contributed by atoms with Crippen molar-refractivity contribution >= 4 is 35.5 Å². The van der Waals surface area contributed by atoms with Gasteiger partial charge in [0.05, 0.1) is 24.4 Å². The third-order valence-corrected chi connectivity index (χ3v) is 4.59. The lowest BCUT2D eigenvalue weighted by atomic mass is 10.1. The summed E-state index contributed by atoms with van der Waals surface area (Å²) in [6, 6.07) is 16.3. The summed E-state index contributed by atoms with van der Waals surface area (Å²) in [4.78, 5) is 2.37. The van der Waals surface area contributed by atoms with Crippen LogP contribution in [-0.4, -0.2) is 54.6 Å². The molecular weight excluding hydrogens is 362 g/mol. The molecule has 1 N–H and O–H groups in total.